The molecule has 2 aromatic heterocycles. The van der Waals surface area contributed by atoms with Gasteiger partial charge in [-0.15, -0.1) is 11.3 Å². The van der Waals surface area contributed by atoms with Crippen LogP contribution in [0, 0.1) is 13.8 Å². The quantitative estimate of drug-likeness (QED) is 0.328. The molecule has 142 valence electrons. The van der Waals surface area contributed by atoms with E-state index in [9.17, 15) is 9.59 Å². The van der Waals surface area contributed by atoms with Crippen molar-refractivity contribution < 1.29 is 14.3 Å². The lowest BCUT2D eigenvalue weighted by atomic mass is 10.1. The molecule has 0 unspecified atom stereocenters. The lowest BCUT2D eigenvalue weighted by Crippen LogP contribution is -2.14. The van der Waals surface area contributed by atoms with Crippen LogP contribution in [0.15, 0.2) is 30.3 Å². The molecule has 0 fully saturated rings. The van der Waals surface area contributed by atoms with E-state index in [1.54, 1.807) is 11.3 Å². The zero-order valence-electron chi connectivity index (χ0n) is 15.9. The summed E-state index contributed by atoms with van der Waals surface area (Å²) < 4.78 is 8.30. The third-order valence-electron chi connectivity index (χ3n) is 4.80. The van der Waals surface area contributed by atoms with Crippen LogP contribution in [-0.2, 0) is 23.0 Å². The molecule has 6 heteroatoms. The van der Waals surface area contributed by atoms with Crippen molar-refractivity contribution in [1.82, 2.24) is 9.55 Å². The maximum atomic E-state index is 12.2. The third kappa shape index (κ3) is 4.63. The Morgan fingerprint density at radius 3 is 2.67 bits per heavy atom. The maximum absolute atomic E-state index is 12.2. The summed E-state index contributed by atoms with van der Waals surface area (Å²) in [6.07, 6.45) is 2.78. The molecular formula is C21H24N2O3S. The van der Waals surface area contributed by atoms with Gasteiger partial charge in [-0.3, -0.25) is 9.59 Å². The Morgan fingerprint density at radius 1 is 1.19 bits per heavy atom. The molecule has 0 saturated carbocycles. The van der Waals surface area contributed by atoms with Gasteiger partial charge in [0.15, 0.2) is 6.61 Å². The molecule has 2 heterocycles. The minimum Gasteiger partial charge on any atom is -0.457 e. The van der Waals surface area contributed by atoms with Crippen molar-refractivity contribution in [3.63, 3.8) is 0 Å². The van der Waals surface area contributed by atoms with Crippen molar-refractivity contribution in [2.75, 3.05) is 6.61 Å². The van der Waals surface area contributed by atoms with Gasteiger partial charge in [-0.25, -0.2) is 4.98 Å². The van der Waals surface area contributed by atoms with E-state index in [4.69, 9.17) is 4.74 Å². The topological polar surface area (TPSA) is 61.2 Å². The Labute approximate surface area is 163 Å². The van der Waals surface area contributed by atoms with Gasteiger partial charge in [-0.1, -0.05) is 12.1 Å². The van der Waals surface area contributed by atoms with Gasteiger partial charge < -0.3 is 9.30 Å². The molecule has 0 radical (unpaired) electrons. The van der Waals surface area contributed by atoms with E-state index in [1.165, 1.54) is 4.70 Å². The summed E-state index contributed by atoms with van der Waals surface area (Å²) in [5, 5.41) is 1.09. The van der Waals surface area contributed by atoms with Gasteiger partial charge in [0.25, 0.3) is 0 Å². The molecule has 0 N–H and O–H groups in total. The first kappa shape index (κ1) is 19.3. The summed E-state index contributed by atoms with van der Waals surface area (Å²) in [4.78, 5) is 28.7. The van der Waals surface area contributed by atoms with Crippen LogP contribution >= 0.6 is 11.3 Å². The van der Waals surface area contributed by atoms with Crippen molar-refractivity contribution in [2.24, 2.45) is 7.05 Å². The maximum Gasteiger partial charge on any atom is 0.306 e. The highest BCUT2D eigenvalue weighted by Gasteiger charge is 2.16. The second-order valence-corrected chi connectivity index (χ2v) is 7.83. The lowest BCUT2D eigenvalue weighted by Gasteiger charge is -2.05. The fourth-order valence-electron chi connectivity index (χ4n) is 3.01. The normalized spacial score (nSPS) is 11.1. The Bertz CT molecular complexity index is 938. The first-order chi connectivity index (χ1) is 13.0. The molecule has 27 heavy (non-hydrogen) atoms. The number of hydrogen-bond donors (Lipinski definition) is 0. The average Bonchev–Trinajstić information content (AvgIpc) is 3.19. The molecule has 5 nitrogen and oxygen atoms in total. The molecule has 3 rings (SSSR count). The van der Waals surface area contributed by atoms with E-state index in [-0.39, 0.29) is 18.4 Å². The van der Waals surface area contributed by atoms with Crippen molar-refractivity contribution in [3.05, 3.63) is 52.3 Å². The highest BCUT2D eigenvalue weighted by molar-refractivity contribution is 7.18. The third-order valence-corrected chi connectivity index (χ3v) is 5.90. The summed E-state index contributed by atoms with van der Waals surface area (Å²) >= 11 is 1.70. The number of Topliss-reactive ketones (excluding diaryl/α,β-unsaturated/α-hetero) is 1. The number of aromatic nitrogens is 2. The number of ether oxygens (including phenoxy) is 1. The van der Waals surface area contributed by atoms with Crippen molar-refractivity contribution >= 4 is 33.3 Å². The number of carbonyl (C=O) groups is 2. The molecule has 0 aliphatic rings. The van der Waals surface area contributed by atoms with Crippen LogP contribution in [0.5, 0.6) is 0 Å². The SMILES string of the molecule is Cc1cc(C(=O)COC(=O)CCCCc2nc3ccccc3s2)c(C)n1C. The molecule has 0 bridgehead atoms. The number of benzene rings is 1. The molecule has 0 aliphatic carbocycles. The van der Waals surface area contributed by atoms with Gasteiger partial charge in [0.1, 0.15) is 0 Å². The Kier molecular flexibility index (Phi) is 6.06. The van der Waals surface area contributed by atoms with Gasteiger partial charge in [0, 0.05) is 30.4 Å². The van der Waals surface area contributed by atoms with E-state index >= 15 is 0 Å². The number of fused-ring (bicyclic) bond motifs is 1. The van der Waals surface area contributed by atoms with Crippen LogP contribution in [0.4, 0.5) is 0 Å². The molecule has 1 aromatic carbocycles. The van der Waals surface area contributed by atoms with Gasteiger partial charge in [0.05, 0.1) is 15.2 Å². The molecule has 0 aliphatic heterocycles. The standard InChI is InChI=1S/C21H24N2O3S/c1-14-12-16(15(2)23(14)3)18(24)13-26-21(25)11-7-6-10-20-22-17-8-4-5-9-19(17)27-20/h4-5,8-9,12H,6-7,10-11,13H2,1-3H3. The summed E-state index contributed by atoms with van der Waals surface area (Å²) in [5.74, 6) is -0.475. The fraction of sp³-hybridized carbons (Fsp3) is 0.381. The first-order valence-corrected chi connectivity index (χ1v) is 9.93. The largest absolute Gasteiger partial charge is 0.457 e. The van der Waals surface area contributed by atoms with Crippen LogP contribution < -0.4 is 0 Å². The number of unbranched alkanes of at least 4 members (excludes halogenated alkanes) is 1. The van der Waals surface area contributed by atoms with E-state index in [0.29, 0.717) is 12.0 Å². The summed E-state index contributed by atoms with van der Waals surface area (Å²) in [6, 6.07) is 9.92. The van der Waals surface area contributed by atoms with Gasteiger partial charge >= 0.3 is 5.97 Å². The van der Waals surface area contributed by atoms with Crippen molar-refractivity contribution in [2.45, 2.75) is 39.5 Å². The zero-order valence-corrected chi connectivity index (χ0v) is 16.8. The summed E-state index contributed by atoms with van der Waals surface area (Å²) in [6.45, 7) is 3.65. The molecule has 0 amide bonds. The minimum absolute atomic E-state index is 0.154. The van der Waals surface area contributed by atoms with E-state index in [0.717, 1.165) is 41.2 Å². The smallest absolute Gasteiger partial charge is 0.306 e. The van der Waals surface area contributed by atoms with E-state index in [2.05, 4.69) is 11.1 Å². The number of hydrogen-bond acceptors (Lipinski definition) is 5. The molecule has 3 aromatic rings. The fourth-order valence-corrected chi connectivity index (χ4v) is 4.02. The monoisotopic (exact) mass is 384 g/mol. The highest BCUT2D eigenvalue weighted by atomic mass is 32.1. The summed E-state index contributed by atoms with van der Waals surface area (Å²) in [7, 11) is 1.92. The Morgan fingerprint density at radius 2 is 1.96 bits per heavy atom. The summed E-state index contributed by atoms with van der Waals surface area (Å²) in [5.41, 5.74) is 3.56. The number of carbonyl (C=O) groups excluding carboxylic acids is 2. The van der Waals surface area contributed by atoms with Crippen LogP contribution in [0.1, 0.15) is 46.0 Å². The highest BCUT2D eigenvalue weighted by Crippen LogP contribution is 2.23. The van der Waals surface area contributed by atoms with Crippen LogP contribution in [-0.4, -0.2) is 27.9 Å². The van der Waals surface area contributed by atoms with Crippen LogP contribution in [0.3, 0.4) is 0 Å². The second-order valence-electron chi connectivity index (χ2n) is 6.71. The minimum atomic E-state index is -0.321. The van der Waals surface area contributed by atoms with Crippen molar-refractivity contribution in [3.8, 4) is 0 Å². The van der Waals surface area contributed by atoms with Gasteiger partial charge in [-0.05, 0) is 51.3 Å². The average molecular weight is 385 g/mol. The van der Waals surface area contributed by atoms with Crippen LogP contribution in [0.25, 0.3) is 10.2 Å². The number of ketones is 1. The van der Waals surface area contributed by atoms with E-state index < -0.39 is 0 Å². The predicted molar refractivity (Wildman–Crippen MR) is 107 cm³/mol. The van der Waals surface area contributed by atoms with Crippen molar-refractivity contribution in [1.29, 1.82) is 0 Å². The molecule has 0 spiro atoms. The van der Waals surface area contributed by atoms with E-state index in [1.807, 2.05) is 49.7 Å². The number of esters is 1. The Balaban J connectivity index is 1.39. The predicted octanol–water partition coefficient (Wildman–Crippen LogP) is 4.39. The number of nitrogens with zero attached hydrogens (tertiary/aromatic N) is 2. The lowest BCUT2D eigenvalue weighted by molar-refractivity contribution is -0.142. The number of rotatable bonds is 8. The Hall–Kier alpha value is -2.47. The number of aryl methyl sites for hydroxylation is 2. The molecule has 0 saturated heterocycles. The number of thiazole rings is 1. The molecule has 0 atom stereocenters. The van der Waals surface area contributed by atoms with Gasteiger partial charge in [0.2, 0.25) is 5.78 Å². The zero-order chi connectivity index (χ0) is 19.4. The second kappa shape index (κ2) is 8.48. The molecular weight excluding hydrogens is 360 g/mol. The number of para-hydroxylation sites is 1. The van der Waals surface area contributed by atoms with Gasteiger partial charge in [-0.2, -0.15) is 0 Å². The first-order valence-electron chi connectivity index (χ1n) is 9.12. The van der Waals surface area contributed by atoms with Crippen LogP contribution in [0.2, 0.25) is 0 Å².